The van der Waals surface area contributed by atoms with Crippen LogP contribution in [0.5, 0.6) is 0 Å². The molecule has 2 aromatic rings. The summed E-state index contributed by atoms with van der Waals surface area (Å²) in [5.74, 6) is -0.149. The summed E-state index contributed by atoms with van der Waals surface area (Å²) in [5, 5.41) is 8.44. The number of nitrogens with one attached hydrogen (secondary N) is 3. The van der Waals surface area contributed by atoms with Gasteiger partial charge in [-0.1, -0.05) is 25.0 Å². The van der Waals surface area contributed by atoms with Crippen LogP contribution < -0.4 is 16.0 Å². The van der Waals surface area contributed by atoms with Gasteiger partial charge in [0, 0.05) is 28.5 Å². The van der Waals surface area contributed by atoms with Gasteiger partial charge in [0.2, 0.25) is 0 Å². The quantitative estimate of drug-likeness (QED) is 0.694. The number of ketones is 1. The predicted molar refractivity (Wildman–Crippen MR) is 105 cm³/mol. The zero-order valence-electron chi connectivity index (χ0n) is 15.2. The molecule has 27 heavy (non-hydrogen) atoms. The van der Waals surface area contributed by atoms with Gasteiger partial charge in [0.25, 0.3) is 5.91 Å². The standard InChI is InChI=1S/C21H23N3O3/c1-14(25)16-5-4-8-19(13-16)24-21(27)23-18-11-9-15(10-12-18)20(26)22-17-6-2-3-7-17/h4-5,8-13,17H,2-3,6-7H2,1H3,(H,22,26)(H2,23,24,27). The highest BCUT2D eigenvalue weighted by Crippen LogP contribution is 2.18. The molecule has 1 aliphatic carbocycles. The van der Waals surface area contributed by atoms with Crippen LogP contribution in [0.15, 0.2) is 48.5 Å². The van der Waals surface area contributed by atoms with E-state index in [0.29, 0.717) is 22.5 Å². The average Bonchev–Trinajstić information content (AvgIpc) is 3.15. The summed E-state index contributed by atoms with van der Waals surface area (Å²) in [6, 6.07) is 13.4. The molecule has 6 nitrogen and oxygen atoms in total. The van der Waals surface area contributed by atoms with Crippen LogP contribution in [0.4, 0.5) is 16.2 Å². The second kappa shape index (κ2) is 8.49. The van der Waals surface area contributed by atoms with E-state index in [-0.39, 0.29) is 17.7 Å². The molecule has 1 saturated carbocycles. The van der Waals surface area contributed by atoms with E-state index >= 15 is 0 Å². The first-order valence-corrected chi connectivity index (χ1v) is 9.11. The molecule has 3 rings (SSSR count). The van der Waals surface area contributed by atoms with Gasteiger partial charge in [-0.3, -0.25) is 9.59 Å². The molecule has 0 aromatic heterocycles. The second-order valence-corrected chi connectivity index (χ2v) is 6.75. The van der Waals surface area contributed by atoms with Gasteiger partial charge in [-0.15, -0.1) is 0 Å². The van der Waals surface area contributed by atoms with Gasteiger partial charge in [0.15, 0.2) is 5.78 Å². The van der Waals surface area contributed by atoms with Gasteiger partial charge < -0.3 is 16.0 Å². The van der Waals surface area contributed by atoms with Crippen molar-refractivity contribution >= 4 is 29.1 Å². The van der Waals surface area contributed by atoms with Crippen molar-refractivity contribution in [2.75, 3.05) is 10.6 Å². The predicted octanol–water partition coefficient (Wildman–Crippen LogP) is 4.21. The number of anilines is 2. The van der Waals surface area contributed by atoms with E-state index in [1.54, 1.807) is 48.5 Å². The monoisotopic (exact) mass is 365 g/mol. The summed E-state index contributed by atoms with van der Waals surface area (Å²) in [4.78, 5) is 35.8. The summed E-state index contributed by atoms with van der Waals surface area (Å²) in [6.45, 7) is 1.48. The molecule has 0 aliphatic heterocycles. The Morgan fingerprint density at radius 2 is 1.52 bits per heavy atom. The van der Waals surface area contributed by atoms with Gasteiger partial charge in [0.05, 0.1) is 0 Å². The Balaban J connectivity index is 1.55. The van der Waals surface area contributed by atoms with Crippen LogP contribution in [-0.2, 0) is 0 Å². The lowest BCUT2D eigenvalue weighted by atomic mass is 10.1. The van der Waals surface area contributed by atoms with Gasteiger partial charge in [-0.05, 0) is 56.2 Å². The Morgan fingerprint density at radius 3 is 2.19 bits per heavy atom. The number of hydrogen-bond acceptors (Lipinski definition) is 3. The minimum atomic E-state index is -0.418. The normalized spacial score (nSPS) is 13.8. The topological polar surface area (TPSA) is 87.3 Å². The Labute approximate surface area is 158 Å². The summed E-state index contributed by atoms with van der Waals surface area (Å²) < 4.78 is 0. The molecule has 0 bridgehead atoms. The van der Waals surface area contributed by atoms with E-state index in [0.717, 1.165) is 25.7 Å². The third-order valence-electron chi connectivity index (χ3n) is 4.62. The third-order valence-corrected chi connectivity index (χ3v) is 4.62. The number of benzene rings is 2. The minimum Gasteiger partial charge on any atom is -0.349 e. The first-order valence-electron chi connectivity index (χ1n) is 9.11. The maximum absolute atomic E-state index is 12.2. The number of carbonyl (C=O) groups is 3. The van der Waals surface area contributed by atoms with Crippen LogP contribution >= 0.6 is 0 Å². The Kier molecular flexibility index (Phi) is 5.86. The highest BCUT2D eigenvalue weighted by atomic mass is 16.2. The molecule has 0 heterocycles. The maximum Gasteiger partial charge on any atom is 0.323 e. The Morgan fingerprint density at radius 1 is 0.852 bits per heavy atom. The first-order chi connectivity index (χ1) is 13.0. The van der Waals surface area contributed by atoms with E-state index < -0.39 is 6.03 Å². The molecular formula is C21H23N3O3. The lowest BCUT2D eigenvalue weighted by molar-refractivity contribution is 0.0937. The van der Waals surface area contributed by atoms with E-state index in [4.69, 9.17) is 0 Å². The van der Waals surface area contributed by atoms with Crippen LogP contribution in [-0.4, -0.2) is 23.8 Å². The van der Waals surface area contributed by atoms with E-state index in [1.165, 1.54) is 6.92 Å². The molecule has 2 aromatic carbocycles. The van der Waals surface area contributed by atoms with Crippen molar-refractivity contribution in [2.45, 2.75) is 38.6 Å². The van der Waals surface area contributed by atoms with E-state index in [2.05, 4.69) is 16.0 Å². The molecule has 1 aliphatic rings. The molecule has 0 spiro atoms. The minimum absolute atomic E-state index is 0.0643. The molecule has 140 valence electrons. The number of urea groups is 1. The molecule has 0 unspecified atom stereocenters. The molecule has 3 amide bonds. The number of Topliss-reactive ketones (excluding diaryl/α,β-unsaturated/α-hetero) is 1. The van der Waals surface area contributed by atoms with E-state index in [1.807, 2.05) is 0 Å². The van der Waals surface area contributed by atoms with Crippen molar-refractivity contribution in [3.05, 3.63) is 59.7 Å². The van der Waals surface area contributed by atoms with Crippen molar-refractivity contribution in [3.8, 4) is 0 Å². The zero-order valence-corrected chi connectivity index (χ0v) is 15.2. The van der Waals surface area contributed by atoms with Crippen LogP contribution in [0.25, 0.3) is 0 Å². The zero-order chi connectivity index (χ0) is 19.2. The van der Waals surface area contributed by atoms with Gasteiger partial charge in [-0.25, -0.2) is 4.79 Å². The molecule has 1 fully saturated rings. The third kappa shape index (κ3) is 5.17. The summed E-state index contributed by atoms with van der Waals surface area (Å²) in [5.41, 5.74) is 2.22. The fourth-order valence-corrected chi connectivity index (χ4v) is 3.15. The second-order valence-electron chi connectivity index (χ2n) is 6.75. The van der Waals surface area contributed by atoms with Crippen molar-refractivity contribution in [3.63, 3.8) is 0 Å². The van der Waals surface area contributed by atoms with Crippen molar-refractivity contribution in [1.82, 2.24) is 5.32 Å². The maximum atomic E-state index is 12.2. The van der Waals surface area contributed by atoms with Crippen LogP contribution in [0, 0.1) is 0 Å². The van der Waals surface area contributed by atoms with Crippen molar-refractivity contribution in [1.29, 1.82) is 0 Å². The lowest BCUT2D eigenvalue weighted by Gasteiger charge is -2.12. The first kappa shape index (κ1) is 18.6. The van der Waals surface area contributed by atoms with Crippen molar-refractivity contribution in [2.24, 2.45) is 0 Å². The van der Waals surface area contributed by atoms with Crippen LogP contribution in [0.3, 0.4) is 0 Å². The van der Waals surface area contributed by atoms with Gasteiger partial charge >= 0.3 is 6.03 Å². The number of carbonyl (C=O) groups excluding carboxylic acids is 3. The summed E-state index contributed by atoms with van der Waals surface area (Å²) >= 11 is 0. The van der Waals surface area contributed by atoms with Gasteiger partial charge in [-0.2, -0.15) is 0 Å². The summed E-state index contributed by atoms with van der Waals surface area (Å²) in [7, 11) is 0. The highest BCUT2D eigenvalue weighted by Gasteiger charge is 2.17. The average molecular weight is 365 g/mol. The SMILES string of the molecule is CC(=O)c1cccc(NC(=O)Nc2ccc(C(=O)NC3CCCC3)cc2)c1. The van der Waals surface area contributed by atoms with Crippen LogP contribution in [0.1, 0.15) is 53.3 Å². The fraction of sp³-hybridized carbons (Fsp3) is 0.286. The highest BCUT2D eigenvalue weighted by molar-refractivity contribution is 6.02. The molecule has 6 heteroatoms. The largest absolute Gasteiger partial charge is 0.349 e. The number of amides is 3. The molecule has 0 radical (unpaired) electrons. The molecule has 0 saturated heterocycles. The Hall–Kier alpha value is -3.15. The Bertz CT molecular complexity index is 840. The smallest absolute Gasteiger partial charge is 0.323 e. The van der Waals surface area contributed by atoms with Crippen LogP contribution in [0.2, 0.25) is 0 Å². The fourth-order valence-electron chi connectivity index (χ4n) is 3.15. The lowest BCUT2D eigenvalue weighted by Crippen LogP contribution is -2.32. The molecule has 0 atom stereocenters. The molecule has 3 N–H and O–H groups in total. The number of rotatable bonds is 5. The molecular weight excluding hydrogens is 342 g/mol. The van der Waals surface area contributed by atoms with Gasteiger partial charge in [0.1, 0.15) is 0 Å². The summed E-state index contributed by atoms with van der Waals surface area (Å²) in [6.07, 6.45) is 4.41. The van der Waals surface area contributed by atoms with E-state index in [9.17, 15) is 14.4 Å². The van der Waals surface area contributed by atoms with Crippen molar-refractivity contribution < 1.29 is 14.4 Å². The number of hydrogen-bond donors (Lipinski definition) is 3.